The van der Waals surface area contributed by atoms with E-state index in [4.69, 9.17) is 11.6 Å². The van der Waals surface area contributed by atoms with Crippen LogP contribution in [0.4, 0.5) is 10.5 Å². The number of rotatable bonds is 6. The van der Waals surface area contributed by atoms with Gasteiger partial charge in [0.15, 0.2) is 0 Å². The number of carbonyl (C=O) groups is 3. The van der Waals surface area contributed by atoms with Crippen molar-refractivity contribution in [3.63, 3.8) is 0 Å². The molecule has 0 saturated carbocycles. The van der Waals surface area contributed by atoms with E-state index in [0.29, 0.717) is 16.1 Å². The van der Waals surface area contributed by atoms with Crippen LogP contribution in [-0.2, 0) is 25.2 Å². The van der Waals surface area contributed by atoms with Gasteiger partial charge in [0.25, 0.3) is 5.91 Å². The molecule has 2 aromatic rings. The minimum Gasteiger partial charge on any atom is -0.324 e. The summed E-state index contributed by atoms with van der Waals surface area (Å²) in [7, 11) is -0.894. The first-order chi connectivity index (χ1) is 14.9. The molecule has 11 heteroatoms. The van der Waals surface area contributed by atoms with Crippen LogP contribution in [0, 0.1) is 6.92 Å². The van der Waals surface area contributed by atoms with Gasteiger partial charge in [0, 0.05) is 30.4 Å². The molecule has 2 N–H and O–H groups in total. The molecule has 0 radical (unpaired) electrons. The normalized spacial score (nSPS) is 18.8. The van der Waals surface area contributed by atoms with Crippen LogP contribution in [0.1, 0.15) is 18.1 Å². The Morgan fingerprint density at radius 2 is 1.84 bits per heavy atom. The lowest BCUT2D eigenvalue weighted by Gasteiger charge is -2.23. The largest absolute Gasteiger partial charge is 0.325 e. The Labute approximate surface area is 191 Å². The van der Waals surface area contributed by atoms with E-state index >= 15 is 0 Å². The van der Waals surface area contributed by atoms with Crippen LogP contribution >= 0.6 is 11.6 Å². The first-order valence-electron chi connectivity index (χ1n) is 9.60. The van der Waals surface area contributed by atoms with E-state index in [2.05, 4.69) is 10.6 Å². The highest BCUT2D eigenvalue weighted by molar-refractivity contribution is 7.89. The summed E-state index contributed by atoms with van der Waals surface area (Å²) in [4.78, 5) is 39.0. The Hall–Kier alpha value is -2.95. The third-order valence-electron chi connectivity index (χ3n) is 5.25. The number of nitrogens with one attached hydrogen (secondary N) is 2. The lowest BCUT2D eigenvalue weighted by molar-refractivity contribution is -0.133. The van der Waals surface area contributed by atoms with Crippen molar-refractivity contribution in [3.8, 4) is 0 Å². The third-order valence-corrected chi connectivity index (χ3v) is 7.39. The van der Waals surface area contributed by atoms with Gasteiger partial charge in [-0.3, -0.25) is 14.5 Å². The first-order valence-corrected chi connectivity index (χ1v) is 11.4. The zero-order valence-electron chi connectivity index (χ0n) is 18.0. The highest BCUT2D eigenvalue weighted by Gasteiger charge is 2.50. The Balaban J connectivity index is 1.81. The monoisotopic (exact) mass is 478 g/mol. The summed E-state index contributed by atoms with van der Waals surface area (Å²) in [5.74, 6) is -1.27. The second-order valence-electron chi connectivity index (χ2n) is 7.74. The van der Waals surface area contributed by atoms with Crippen molar-refractivity contribution in [2.75, 3.05) is 26.0 Å². The predicted octanol–water partition coefficient (Wildman–Crippen LogP) is 2.30. The zero-order valence-corrected chi connectivity index (χ0v) is 19.5. The summed E-state index contributed by atoms with van der Waals surface area (Å²) in [6.45, 7) is 2.67. The topological polar surface area (TPSA) is 116 Å². The summed E-state index contributed by atoms with van der Waals surface area (Å²) >= 11 is 6.21. The van der Waals surface area contributed by atoms with E-state index in [9.17, 15) is 22.8 Å². The number of amides is 4. The van der Waals surface area contributed by atoms with E-state index in [0.717, 1.165) is 9.21 Å². The predicted molar refractivity (Wildman–Crippen MR) is 120 cm³/mol. The lowest BCUT2D eigenvalue weighted by Crippen LogP contribution is -2.42. The summed E-state index contributed by atoms with van der Waals surface area (Å²) in [6.07, 6.45) is 0. The molecule has 1 heterocycles. The maximum atomic E-state index is 13.0. The fraction of sp³-hybridized carbons (Fsp3) is 0.286. The van der Waals surface area contributed by atoms with E-state index in [-0.39, 0.29) is 10.6 Å². The number of carbonyl (C=O) groups excluding carboxylic acids is 3. The fourth-order valence-electron chi connectivity index (χ4n) is 3.33. The van der Waals surface area contributed by atoms with Crippen molar-refractivity contribution in [1.82, 2.24) is 14.5 Å². The molecule has 4 amide bonds. The van der Waals surface area contributed by atoms with Gasteiger partial charge in [0.1, 0.15) is 12.1 Å². The van der Waals surface area contributed by atoms with Crippen molar-refractivity contribution >= 4 is 45.2 Å². The molecule has 3 rings (SSSR count). The number of nitrogens with zero attached hydrogens (tertiary/aromatic N) is 2. The van der Waals surface area contributed by atoms with Crippen LogP contribution < -0.4 is 10.6 Å². The zero-order chi connectivity index (χ0) is 23.8. The summed E-state index contributed by atoms with van der Waals surface area (Å²) in [5.41, 5.74) is -0.112. The molecule has 1 aliphatic rings. The van der Waals surface area contributed by atoms with Crippen LogP contribution in [0.25, 0.3) is 0 Å². The molecule has 1 aliphatic heterocycles. The van der Waals surface area contributed by atoms with E-state index < -0.39 is 40.0 Å². The highest BCUT2D eigenvalue weighted by atomic mass is 35.5. The quantitative estimate of drug-likeness (QED) is 0.618. The summed E-state index contributed by atoms with van der Waals surface area (Å²) < 4.78 is 25.8. The number of hydrogen-bond acceptors (Lipinski definition) is 5. The Morgan fingerprint density at radius 1 is 1.19 bits per heavy atom. The summed E-state index contributed by atoms with van der Waals surface area (Å²) in [5, 5.41) is 5.49. The van der Waals surface area contributed by atoms with Crippen molar-refractivity contribution < 1.29 is 22.8 Å². The minimum atomic E-state index is -3.70. The van der Waals surface area contributed by atoms with Gasteiger partial charge >= 0.3 is 6.03 Å². The molecular weight excluding hydrogens is 456 g/mol. The average molecular weight is 479 g/mol. The van der Waals surface area contributed by atoms with Crippen LogP contribution in [0.3, 0.4) is 0 Å². The molecule has 0 aromatic heterocycles. The van der Waals surface area contributed by atoms with Gasteiger partial charge in [-0.15, -0.1) is 0 Å². The van der Waals surface area contributed by atoms with Gasteiger partial charge in [-0.25, -0.2) is 17.5 Å². The number of urea groups is 1. The molecule has 0 bridgehead atoms. The van der Waals surface area contributed by atoms with E-state index in [1.54, 1.807) is 37.3 Å². The van der Waals surface area contributed by atoms with Crippen molar-refractivity contribution in [3.05, 3.63) is 58.6 Å². The molecule has 32 heavy (non-hydrogen) atoms. The van der Waals surface area contributed by atoms with Gasteiger partial charge in [-0.1, -0.05) is 35.9 Å². The molecule has 0 aliphatic carbocycles. The van der Waals surface area contributed by atoms with Crippen LogP contribution in [0.5, 0.6) is 0 Å². The summed E-state index contributed by atoms with van der Waals surface area (Å²) in [6, 6.07) is 10.2. The van der Waals surface area contributed by atoms with Crippen molar-refractivity contribution in [2.45, 2.75) is 24.3 Å². The number of aryl methyl sites for hydroxylation is 1. The SMILES string of the molecule is Cc1ccc(S(=O)(=O)N(C)C)cc1NC(=O)CN1C(=O)N[C@](C)(c2ccccc2Cl)C1=O. The molecule has 1 atom stereocenters. The Morgan fingerprint density at radius 3 is 2.47 bits per heavy atom. The Kier molecular flexibility index (Phi) is 6.32. The average Bonchev–Trinajstić information content (AvgIpc) is 2.93. The third kappa shape index (κ3) is 4.21. The van der Waals surface area contributed by atoms with Gasteiger partial charge in [0.05, 0.1) is 4.90 Å². The molecular formula is C21H23ClN4O5S. The number of benzene rings is 2. The van der Waals surface area contributed by atoms with Crippen LogP contribution in [0.2, 0.25) is 5.02 Å². The number of hydrogen-bond donors (Lipinski definition) is 2. The number of imide groups is 1. The maximum Gasteiger partial charge on any atom is 0.325 e. The van der Waals surface area contributed by atoms with Gasteiger partial charge in [-0.05, 0) is 37.6 Å². The molecule has 0 spiro atoms. The maximum absolute atomic E-state index is 13.0. The molecule has 0 unspecified atom stereocenters. The van der Waals surface area contributed by atoms with E-state index in [1.165, 1.54) is 33.2 Å². The van der Waals surface area contributed by atoms with Crippen molar-refractivity contribution in [1.29, 1.82) is 0 Å². The Bertz CT molecular complexity index is 1210. The number of anilines is 1. The molecule has 1 fully saturated rings. The van der Waals surface area contributed by atoms with Gasteiger partial charge in [-0.2, -0.15) is 0 Å². The van der Waals surface area contributed by atoms with Gasteiger partial charge in [0.2, 0.25) is 15.9 Å². The van der Waals surface area contributed by atoms with Crippen LogP contribution in [0.15, 0.2) is 47.4 Å². The number of halogens is 1. The van der Waals surface area contributed by atoms with Crippen LogP contribution in [-0.4, -0.2) is 56.1 Å². The number of sulfonamides is 1. The lowest BCUT2D eigenvalue weighted by atomic mass is 9.92. The molecule has 170 valence electrons. The van der Waals surface area contributed by atoms with Crippen molar-refractivity contribution in [2.24, 2.45) is 0 Å². The van der Waals surface area contributed by atoms with Gasteiger partial charge < -0.3 is 10.6 Å². The second-order valence-corrected chi connectivity index (χ2v) is 10.3. The molecule has 9 nitrogen and oxygen atoms in total. The first kappa shape index (κ1) is 23.7. The van der Waals surface area contributed by atoms with E-state index in [1.807, 2.05) is 0 Å². The highest BCUT2D eigenvalue weighted by Crippen LogP contribution is 2.33. The standard InChI is InChI=1S/C21H23ClN4O5S/c1-13-9-10-14(32(30,31)25(3)4)11-17(13)23-18(27)12-26-19(28)21(2,24-20(26)29)15-7-5-6-8-16(15)22/h5-11H,12H2,1-4H3,(H,23,27)(H,24,29)/t21-/m1/s1. The molecule has 2 aromatic carbocycles. The molecule has 1 saturated heterocycles. The minimum absolute atomic E-state index is 0.00434. The smallest absolute Gasteiger partial charge is 0.324 e. The fourth-order valence-corrected chi connectivity index (χ4v) is 4.58. The second kappa shape index (κ2) is 8.53.